The smallest absolute Gasteiger partial charge is 0.0761 e. The Morgan fingerprint density at radius 1 is 1.41 bits per heavy atom. The number of hydrogen-bond acceptors (Lipinski definition) is 4. The van der Waals surface area contributed by atoms with Crippen molar-refractivity contribution in [2.75, 3.05) is 31.3 Å². The van der Waals surface area contributed by atoms with Gasteiger partial charge in [0.25, 0.3) is 0 Å². The van der Waals surface area contributed by atoms with Gasteiger partial charge in [0, 0.05) is 12.2 Å². The molecule has 1 fully saturated rings. The lowest BCUT2D eigenvalue weighted by atomic mass is 10.1. The van der Waals surface area contributed by atoms with Crippen LogP contribution in [0.5, 0.6) is 0 Å². The van der Waals surface area contributed by atoms with E-state index in [9.17, 15) is 10.2 Å². The molecule has 1 aromatic carbocycles. The molecule has 0 radical (unpaired) electrons. The topological polar surface area (TPSA) is 52.9 Å². The van der Waals surface area contributed by atoms with Gasteiger partial charge in [0.05, 0.1) is 32.0 Å². The fraction of sp³-hybridized carbons (Fsp3) is 0.538. The largest absolute Gasteiger partial charge is 0.394 e. The van der Waals surface area contributed by atoms with Gasteiger partial charge in [0.15, 0.2) is 0 Å². The first kappa shape index (κ1) is 12.4. The fourth-order valence-corrected chi connectivity index (χ4v) is 2.09. The number of nitrogens with zero attached hydrogens (tertiary/aromatic N) is 1. The monoisotopic (exact) mass is 237 g/mol. The average Bonchev–Trinajstić information content (AvgIpc) is 2.39. The van der Waals surface area contributed by atoms with Crippen LogP contribution in [0, 0.1) is 0 Å². The van der Waals surface area contributed by atoms with Crippen LogP contribution in [0.15, 0.2) is 24.3 Å². The van der Waals surface area contributed by atoms with E-state index in [0.717, 1.165) is 17.8 Å². The van der Waals surface area contributed by atoms with Crippen molar-refractivity contribution in [2.45, 2.75) is 19.1 Å². The predicted octanol–water partition coefficient (Wildman–Crippen LogP) is 0.937. The van der Waals surface area contributed by atoms with E-state index in [0.29, 0.717) is 13.2 Å². The van der Waals surface area contributed by atoms with Crippen molar-refractivity contribution >= 4 is 5.69 Å². The maximum Gasteiger partial charge on any atom is 0.0761 e. The second-order valence-electron chi connectivity index (χ2n) is 4.37. The van der Waals surface area contributed by atoms with Crippen LogP contribution in [0.1, 0.15) is 18.6 Å². The highest BCUT2D eigenvalue weighted by atomic mass is 16.5. The lowest BCUT2D eigenvalue weighted by molar-refractivity contribution is 0.0727. The molecule has 1 aromatic rings. The van der Waals surface area contributed by atoms with E-state index < -0.39 is 6.10 Å². The van der Waals surface area contributed by atoms with E-state index in [-0.39, 0.29) is 12.6 Å². The van der Waals surface area contributed by atoms with Crippen molar-refractivity contribution in [3.63, 3.8) is 0 Å². The normalized spacial score (nSPS) is 22.5. The SMILES string of the molecule is C[C@@H](O)c1ccc(N2CCOCC2CO)cc1. The number of anilines is 1. The Bertz CT molecular complexity index is 350. The van der Waals surface area contributed by atoms with Crippen LogP contribution in [-0.2, 0) is 4.74 Å². The Kier molecular flexibility index (Phi) is 3.99. The van der Waals surface area contributed by atoms with E-state index in [1.165, 1.54) is 0 Å². The van der Waals surface area contributed by atoms with E-state index in [1.807, 2.05) is 24.3 Å². The first-order valence-electron chi connectivity index (χ1n) is 5.95. The van der Waals surface area contributed by atoms with Crippen molar-refractivity contribution in [3.05, 3.63) is 29.8 Å². The Balaban J connectivity index is 2.15. The zero-order chi connectivity index (χ0) is 12.3. The molecule has 1 saturated heterocycles. The molecular weight excluding hydrogens is 218 g/mol. The van der Waals surface area contributed by atoms with Crippen LogP contribution < -0.4 is 4.90 Å². The zero-order valence-electron chi connectivity index (χ0n) is 10.0. The minimum Gasteiger partial charge on any atom is -0.394 e. The van der Waals surface area contributed by atoms with Gasteiger partial charge in [-0.25, -0.2) is 0 Å². The number of morpholine rings is 1. The molecule has 1 heterocycles. The third-order valence-corrected chi connectivity index (χ3v) is 3.15. The summed E-state index contributed by atoms with van der Waals surface area (Å²) in [6.07, 6.45) is -0.442. The first-order chi connectivity index (χ1) is 8.22. The van der Waals surface area contributed by atoms with Crippen LogP contribution in [0.4, 0.5) is 5.69 Å². The first-order valence-corrected chi connectivity index (χ1v) is 5.95. The van der Waals surface area contributed by atoms with Crippen LogP contribution >= 0.6 is 0 Å². The van der Waals surface area contributed by atoms with Gasteiger partial charge in [-0.15, -0.1) is 0 Å². The van der Waals surface area contributed by atoms with Crippen molar-refractivity contribution in [3.8, 4) is 0 Å². The number of rotatable bonds is 3. The summed E-state index contributed by atoms with van der Waals surface area (Å²) >= 11 is 0. The molecule has 0 aliphatic carbocycles. The molecule has 17 heavy (non-hydrogen) atoms. The van der Waals surface area contributed by atoms with Gasteiger partial charge in [-0.1, -0.05) is 12.1 Å². The van der Waals surface area contributed by atoms with Crippen LogP contribution in [-0.4, -0.2) is 42.6 Å². The highest BCUT2D eigenvalue weighted by Gasteiger charge is 2.22. The lowest BCUT2D eigenvalue weighted by Crippen LogP contribution is -2.47. The number of benzene rings is 1. The predicted molar refractivity (Wildman–Crippen MR) is 66.1 cm³/mol. The van der Waals surface area contributed by atoms with Crippen LogP contribution in [0.3, 0.4) is 0 Å². The number of hydrogen-bond donors (Lipinski definition) is 2. The lowest BCUT2D eigenvalue weighted by Gasteiger charge is -2.36. The summed E-state index contributed by atoms with van der Waals surface area (Å²) in [7, 11) is 0. The summed E-state index contributed by atoms with van der Waals surface area (Å²) in [6.45, 7) is 3.89. The van der Waals surface area contributed by atoms with Gasteiger partial charge < -0.3 is 19.8 Å². The molecule has 94 valence electrons. The van der Waals surface area contributed by atoms with Gasteiger partial charge in [-0.3, -0.25) is 0 Å². The number of aliphatic hydroxyl groups excluding tert-OH is 2. The molecule has 0 amide bonds. The highest BCUT2D eigenvalue weighted by Crippen LogP contribution is 2.22. The third kappa shape index (κ3) is 2.77. The summed E-state index contributed by atoms with van der Waals surface area (Å²) in [5, 5.41) is 18.8. The quantitative estimate of drug-likeness (QED) is 0.821. The summed E-state index contributed by atoms with van der Waals surface area (Å²) in [5.74, 6) is 0. The van der Waals surface area contributed by atoms with Gasteiger partial charge in [0.1, 0.15) is 0 Å². The van der Waals surface area contributed by atoms with Crippen molar-refractivity contribution in [2.24, 2.45) is 0 Å². The minimum absolute atomic E-state index is 0.0288. The molecule has 2 rings (SSSR count). The van der Waals surface area contributed by atoms with E-state index in [1.54, 1.807) is 6.92 Å². The number of ether oxygens (including phenoxy) is 1. The molecule has 2 atom stereocenters. The van der Waals surface area contributed by atoms with Gasteiger partial charge in [-0.05, 0) is 24.6 Å². The fourth-order valence-electron chi connectivity index (χ4n) is 2.09. The van der Waals surface area contributed by atoms with E-state index in [2.05, 4.69) is 4.90 Å². The molecule has 0 saturated carbocycles. The van der Waals surface area contributed by atoms with E-state index >= 15 is 0 Å². The molecule has 4 heteroatoms. The third-order valence-electron chi connectivity index (χ3n) is 3.15. The van der Waals surface area contributed by atoms with Crippen LogP contribution in [0.2, 0.25) is 0 Å². The Labute approximate surface area is 101 Å². The summed E-state index contributed by atoms with van der Waals surface area (Å²) in [5.41, 5.74) is 1.97. The second kappa shape index (κ2) is 5.49. The average molecular weight is 237 g/mol. The Hall–Kier alpha value is -1.10. The highest BCUT2D eigenvalue weighted by molar-refractivity contribution is 5.49. The molecule has 1 aliphatic rings. The Morgan fingerprint density at radius 3 is 2.71 bits per heavy atom. The molecule has 4 nitrogen and oxygen atoms in total. The maximum absolute atomic E-state index is 9.45. The number of aliphatic hydroxyl groups is 2. The van der Waals surface area contributed by atoms with Gasteiger partial charge in [0.2, 0.25) is 0 Å². The summed E-state index contributed by atoms with van der Waals surface area (Å²) < 4.78 is 5.34. The molecule has 0 bridgehead atoms. The summed E-state index contributed by atoms with van der Waals surface area (Å²) in [6, 6.07) is 7.83. The molecular formula is C13H19NO3. The Morgan fingerprint density at radius 2 is 2.12 bits per heavy atom. The maximum atomic E-state index is 9.45. The second-order valence-corrected chi connectivity index (χ2v) is 4.37. The molecule has 0 aromatic heterocycles. The molecule has 0 spiro atoms. The molecule has 1 unspecified atom stereocenters. The van der Waals surface area contributed by atoms with Gasteiger partial charge in [-0.2, -0.15) is 0 Å². The van der Waals surface area contributed by atoms with Crippen LogP contribution in [0.25, 0.3) is 0 Å². The zero-order valence-corrected chi connectivity index (χ0v) is 10.0. The van der Waals surface area contributed by atoms with E-state index in [4.69, 9.17) is 4.74 Å². The van der Waals surface area contributed by atoms with Crippen molar-refractivity contribution in [1.82, 2.24) is 0 Å². The van der Waals surface area contributed by atoms with Crippen molar-refractivity contribution in [1.29, 1.82) is 0 Å². The minimum atomic E-state index is -0.442. The molecule has 1 aliphatic heterocycles. The summed E-state index contributed by atoms with van der Waals surface area (Å²) in [4.78, 5) is 2.15. The standard InChI is InChI=1S/C13H19NO3/c1-10(16)11-2-4-12(5-3-11)14-6-7-17-9-13(14)8-15/h2-5,10,13,15-16H,6-9H2,1H3/t10-,13?/m1/s1. The van der Waals surface area contributed by atoms with Gasteiger partial charge >= 0.3 is 0 Å². The molecule has 2 N–H and O–H groups in total. The van der Waals surface area contributed by atoms with Crippen molar-refractivity contribution < 1.29 is 14.9 Å².